The van der Waals surface area contributed by atoms with Crippen molar-refractivity contribution >= 4 is 23.3 Å². The number of halogens is 1. The predicted molar refractivity (Wildman–Crippen MR) is 72.7 cm³/mol. The summed E-state index contributed by atoms with van der Waals surface area (Å²) in [6.07, 6.45) is 0.841. The number of carbonyl (C=O) groups is 1. The molecule has 104 valence electrons. The van der Waals surface area contributed by atoms with Crippen LogP contribution in [-0.4, -0.2) is 28.1 Å². The fraction of sp³-hybridized carbons (Fsp3) is 0.333. The molecule has 7 heteroatoms. The van der Waals surface area contributed by atoms with Gasteiger partial charge in [-0.3, -0.25) is 4.79 Å². The number of hydrogen-bond donors (Lipinski definition) is 4. The summed E-state index contributed by atoms with van der Waals surface area (Å²) < 4.78 is 0. The summed E-state index contributed by atoms with van der Waals surface area (Å²) in [5.74, 6) is -0.424. The lowest BCUT2D eigenvalue weighted by atomic mass is 10.1. The molecular weight excluding hydrogens is 270 g/mol. The second-order valence-electron chi connectivity index (χ2n) is 4.04. The Kier molecular flexibility index (Phi) is 5.44. The second-order valence-corrected chi connectivity index (χ2v) is 4.45. The highest BCUT2D eigenvalue weighted by atomic mass is 35.5. The maximum Gasteiger partial charge on any atom is 0.253 e. The Hall–Kier alpha value is -1.95. The third kappa shape index (κ3) is 4.33. The molecule has 0 aliphatic heterocycles. The Morgan fingerprint density at radius 3 is 2.84 bits per heavy atom. The van der Waals surface area contributed by atoms with Crippen LogP contribution in [0.2, 0.25) is 5.02 Å². The standard InChI is InChI=1S/C12H16ClN3O3/c1-2-7(5-11(14)16-19)15-12(18)9-6-8(17)3-4-10(9)13/h3-4,6-7,17,19H,2,5H2,1H3,(H2,14,16)(H,15,18). The molecule has 1 atom stereocenters. The summed E-state index contributed by atoms with van der Waals surface area (Å²) in [7, 11) is 0. The Balaban J connectivity index is 2.80. The largest absolute Gasteiger partial charge is 0.508 e. The molecular formula is C12H16ClN3O3. The van der Waals surface area contributed by atoms with Gasteiger partial charge < -0.3 is 21.4 Å². The number of nitrogens with one attached hydrogen (secondary N) is 1. The molecule has 5 N–H and O–H groups in total. The molecule has 1 aromatic carbocycles. The van der Waals surface area contributed by atoms with Crippen molar-refractivity contribution in [1.29, 1.82) is 0 Å². The molecule has 0 saturated carbocycles. The number of phenols is 1. The molecule has 1 unspecified atom stereocenters. The van der Waals surface area contributed by atoms with Gasteiger partial charge in [0.25, 0.3) is 5.91 Å². The van der Waals surface area contributed by atoms with E-state index in [0.717, 1.165) is 0 Å². The number of carbonyl (C=O) groups excluding carboxylic acids is 1. The monoisotopic (exact) mass is 285 g/mol. The van der Waals surface area contributed by atoms with Crippen molar-refractivity contribution in [3.63, 3.8) is 0 Å². The summed E-state index contributed by atoms with van der Waals surface area (Å²) in [5, 5.41) is 23.7. The van der Waals surface area contributed by atoms with Crippen molar-refractivity contribution in [1.82, 2.24) is 5.32 Å². The van der Waals surface area contributed by atoms with Crippen LogP contribution in [0.4, 0.5) is 0 Å². The van der Waals surface area contributed by atoms with Crippen LogP contribution < -0.4 is 11.1 Å². The van der Waals surface area contributed by atoms with Gasteiger partial charge in [-0.1, -0.05) is 23.7 Å². The maximum atomic E-state index is 12.0. The molecule has 19 heavy (non-hydrogen) atoms. The quantitative estimate of drug-likeness (QED) is 0.286. The Morgan fingerprint density at radius 2 is 2.26 bits per heavy atom. The first-order valence-electron chi connectivity index (χ1n) is 5.73. The molecule has 0 bridgehead atoms. The number of oxime groups is 1. The normalized spacial score (nSPS) is 13.1. The molecule has 0 saturated heterocycles. The maximum absolute atomic E-state index is 12.0. The molecule has 0 aliphatic rings. The van der Waals surface area contributed by atoms with E-state index < -0.39 is 5.91 Å². The van der Waals surface area contributed by atoms with Gasteiger partial charge in [-0.05, 0) is 24.6 Å². The SMILES string of the molecule is CCC(C/C(N)=N/O)NC(=O)c1cc(O)ccc1Cl. The Morgan fingerprint density at radius 1 is 1.58 bits per heavy atom. The minimum absolute atomic E-state index is 0.0363. The number of hydrogen-bond acceptors (Lipinski definition) is 4. The Bertz CT molecular complexity index is 491. The molecule has 1 amide bonds. The van der Waals surface area contributed by atoms with Crippen molar-refractivity contribution in [2.24, 2.45) is 10.9 Å². The van der Waals surface area contributed by atoms with E-state index in [4.69, 9.17) is 22.5 Å². The first-order chi connectivity index (χ1) is 8.97. The van der Waals surface area contributed by atoms with Crippen LogP contribution in [0.3, 0.4) is 0 Å². The van der Waals surface area contributed by atoms with Crippen LogP contribution in [0.1, 0.15) is 30.1 Å². The van der Waals surface area contributed by atoms with E-state index in [1.165, 1.54) is 18.2 Å². The Labute approximate surface area is 115 Å². The molecule has 1 rings (SSSR count). The molecule has 0 heterocycles. The second kappa shape index (κ2) is 6.84. The highest BCUT2D eigenvalue weighted by Gasteiger charge is 2.16. The average molecular weight is 286 g/mol. The number of aromatic hydroxyl groups is 1. The zero-order valence-corrected chi connectivity index (χ0v) is 11.2. The zero-order chi connectivity index (χ0) is 14.4. The number of nitrogens with zero attached hydrogens (tertiary/aromatic N) is 1. The topological polar surface area (TPSA) is 108 Å². The lowest BCUT2D eigenvalue weighted by Crippen LogP contribution is -2.37. The molecule has 0 aliphatic carbocycles. The van der Waals surface area contributed by atoms with Gasteiger partial charge in [0, 0.05) is 12.5 Å². The van der Waals surface area contributed by atoms with Gasteiger partial charge in [-0.15, -0.1) is 0 Å². The van der Waals surface area contributed by atoms with E-state index in [2.05, 4.69) is 10.5 Å². The van der Waals surface area contributed by atoms with Crippen molar-refractivity contribution < 1.29 is 15.1 Å². The third-order valence-corrected chi connectivity index (χ3v) is 2.94. The fourth-order valence-corrected chi connectivity index (χ4v) is 1.74. The van der Waals surface area contributed by atoms with Gasteiger partial charge in [0.15, 0.2) is 0 Å². The van der Waals surface area contributed by atoms with Crippen LogP contribution >= 0.6 is 11.6 Å². The molecule has 6 nitrogen and oxygen atoms in total. The highest BCUT2D eigenvalue weighted by molar-refractivity contribution is 6.33. The van der Waals surface area contributed by atoms with E-state index in [-0.39, 0.29) is 34.6 Å². The van der Waals surface area contributed by atoms with Crippen LogP contribution in [0, 0.1) is 0 Å². The van der Waals surface area contributed by atoms with Crippen LogP contribution in [0.25, 0.3) is 0 Å². The zero-order valence-electron chi connectivity index (χ0n) is 10.4. The minimum atomic E-state index is -0.418. The first kappa shape index (κ1) is 15.1. The highest BCUT2D eigenvalue weighted by Crippen LogP contribution is 2.21. The van der Waals surface area contributed by atoms with E-state index in [9.17, 15) is 9.90 Å². The van der Waals surface area contributed by atoms with Crippen molar-refractivity contribution in [3.8, 4) is 5.75 Å². The number of phenolic OH excluding ortho intramolecular Hbond substituents is 1. The summed E-state index contributed by atoms with van der Waals surface area (Å²) in [6, 6.07) is 3.85. The molecule has 1 aromatic rings. The van der Waals surface area contributed by atoms with Crippen LogP contribution in [0.15, 0.2) is 23.4 Å². The van der Waals surface area contributed by atoms with E-state index in [1.54, 1.807) is 0 Å². The van der Waals surface area contributed by atoms with Gasteiger partial charge >= 0.3 is 0 Å². The van der Waals surface area contributed by atoms with Gasteiger partial charge in [0.2, 0.25) is 0 Å². The van der Waals surface area contributed by atoms with Gasteiger partial charge in [0.1, 0.15) is 11.6 Å². The van der Waals surface area contributed by atoms with E-state index in [1.807, 2.05) is 6.92 Å². The lowest BCUT2D eigenvalue weighted by Gasteiger charge is -2.16. The summed E-state index contributed by atoms with van der Waals surface area (Å²) >= 11 is 5.89. The number of benzene rings is 1. The number of amidine groups is 1. The number of amides is 1. The summed E-state index contributed by atoms with van der Waals surface area (Å²) in [4.78, 5) is 12.0. The fourth-order valence-electron chi connectivity index (χ4n) is 1.54. The molecule has 0 aromatic heterocycles. The van der Waals surface area contributed by atoms with Crippen molar-refractivity contribution in [2.45, 2.75) is 25.8 Å². The van der Waals surface area contributed by atoms with E-state index in [0.29, 0.717) is 6.42 Å². The number of rotatable bonds is 5. The molecule has 0 radical (unpaired) electrons. The average Bonchev–Trinajstić information content (AvgIpc) is 2.40. The molecule has 0 fully saturated rings. The van der Waals surface area contributed by atoms with Crippen LogP contribution in [0.5, 0.6) is 5.75 Å². The smallest absolute Gasteiger partial charge is 0.253 e. The van der Waals surface area contributed by atoms with Crippen molar-refractivity contribution in [2.75, 3.05) is 0 Å². The number of nitrogens with two attached hydrogens (primary N) is 1. The summed E-state index contributed by atoms with van der Waals surface area (Å²) in [5.41, 5.74) is 5.58. The molecule has 0 spiro atoms. The van der Waals surface area contributed by atoms with Gasteiger partial charge in [-0.2, -0.15) is 0 Å². The minimum Gasteiger partial charge on any atom is -0.508 e. The van der Waals surface area contributed by atoms with Gasteiger partial charge in [0.05, 0.1) is 10.6 Å². The third-order valence-electron chi connectivity index (χ3n) is 2.61. The van der Waals surface area contributed by atoms with Gasteiger partial charge in [-0.25, -0.2) is 0 Å². The predicted octanol–water partition coefficient (Wildman–Crippen LogP) is 1.69. The lowest BCUT2D eigenvalue weighted by molar-refractivity contribution is 0.0936. The summed E-state index contributed by atoms with van der Waals surface area (Å²) in [6.45, 7) is 1.86. The van der Waals surface area contributed by atoms with Crippen molar-refractivity contribution in [3.05, 3.63) is 28.8 Å². The van der Waals surface area contributed by atoms with Crippen LogP contribution in [-0.2, 0) is 0 Å². The van der Waals surface area contributed by atoms with E-state index >= 15 is 0 Å². The first-order valence-corrected chi connectivity index (χ1v) is 6.11.